The van der Waals surface area contributed by atoms with Gasteiger partial charge in [-0.05, 0) is 49.3 Å². The fourth-order valence-electron chi connectivity index (χ4n) is 4.54. The molecule has 0 spiro atoms. The number of pyridine rings is 1. The molecule has 1 aromatic heterocycles. The SMILES string of the molecule is CC[C@@H]1[C@@H](CO)C[C@H]2C(=O)O[C@H](C)[C@H]2[C@H]1/C=C/c1ccccn1. The highest BCUT2D eigenvalue weighted by atomic mass is 16.6. The van der Waals surface area contributed by atoms with Gasteiger partial charge in [-0.2, -0.15) is 0 Å². The van der Waals surface area contributed by atoms with Crippen LogP contribution in [0.4, 0.5) is 0 Å². The highest BCUT2D eigenvalue weighted by molar-refractivity contribution is 5.75. The van der Waals surface area contributed by atoms with Crippen molar-refractivity contribution in [2.75, 3.05) is 6.61 Å². The number of esters is 1. The zero-order chi connectivity index (χ0) is 16.4. The van der Waals surface area contributed by atoms with Crippen LogP contribution < -0.4 is 0 Å². The number of hydrogen-bond donors (Lipinski definition) is 1. The van der Waals surface area contributed by atoms with E-state index in [4.69, 9.17) is 4.74 Å². The largest absolute Gasteiger partial charge is 0.462 e. The third kappa shape index (κ3) is 3.05. The average Bonchev–Trinajstić information content (AvgIpc) is 2.86. The lowest BCUT2D eigenvalue weighted by molar-refractivity contribution is -0.144. The molecule has 124 valence electrons. The lowest BCUT2D eigenvalue weighted by Crippen LogP contribution is -2.42. The Morgan fingerprint density at radius 3 is 2.91 bits per heavy atom. The summed E-state index contributed by atoms with van der Waals surface area (Å²) in [4.78, 5) is 16.5. The Balaban J connectivity index is 1.91. The molecule has 0 unspecified atom stereocenters. The van der Waals surface area contributed by atoms with Crippen molar-refractivity contribution in [1.29, 1.82) is 0 Å². The number of cyclic esters (lactones) is 1. The van der Waals surface area contributed by atoms with Crippen LogP contribution in [-0.2, 0) is 9.53 Å². The van der Waals surface area contributed by atoms with E-state index in [-0.39, 0.29) is 42.4 Å². The second kappa shape index (κ2) is 6.83. The van der Waals surface area contributed by atoms with Crippen LogP contribution in [0.2, 0.25) is 0 Å². The van der Waals surface area contributed by atoms with Gasteiger partial charge >= 0.3 is 5.97 Å². The molecule has 0 amide bonds. The van der Waals surface area contributed by atoms with Gasteiger partial charge in [0.05, 0.1) is 11.6 Å². The first-order valence-electron chi connectivity index (χ1n) is 8.56. The van der Waals surface area contributed by atoms with Gasteiger partial charge in [0.25, 0.3) is 0 Å². The standard InChI is InChI=1S/C19H25NO3/c1-3-15-13(11-21)10-17-18(12(2)23-19(17)22)16(15)8-7-14-6-4-5-9-20-14/h4-9,12-13,15-18,21H,3,10-11H2,1-2H3/b8-7+/t12-,13-,15-,16+,17-,18+/m1/s1. The molecule has 23 heavy (non-hydrogen) atoms. The van der Waals surface area contributed by atoms with E-state index in [2.05, 4.69) is 18.0 Å². The molecule has 0 aromatic carbocycles. The molecule has 2 aliphatic rings. The summed E-state index contributed by atoms with van der Waals surface area (Å²) in [6, 6.07) is 5.84. The number of nitrogens with zero attached hydrogens (tertiary/aromatic N) is 1. The summed E-state index contributed by atoms with van der Waals surface area (Å²) in [6.07, 6.45) is 7.69. The first-order chi connectivity index (χ1) is 11.2. The zero-order valence-corrected chi connectivity index (χ0v) is 13.8. The lowest BCUT2D eigenvalue weighted by atomic mass is 9.60. The molecule has 0 bridgehead atoms. The van der Waals surface area contributed by atoms with Crippen molar-refractivity contribution < 1.29 is 14.6 Å². The summed E-state index contributed by atoms with van der Waals surface area (Å²) in [5.74, 6) is 0.806. The van der Waals surface area contributed by atoms with Crippen LogP contribution >= 0.6 is 0 Å². The van der Waals surface area contributed by atoms with Crippen molar-refractivity contribution in [1.82, 2.24) is 4.98 Å². The average molecular weight is 315 g/mol. The summed E-state index contributed by atoms with van der Waals surface area (Å²) in [6.45, 7) is 4.30. The topological polar surface area (TPSA) is 59.4 Å². The highest BCUT2D eigenvalue weighted by Gasteiger charge is 2.52. The predicted molar refractivity (Wildman–Crippen MR) is 88.3 cm³/mol. The number of allylic oxidation sites excluding steroid dienone is 1. The van der Waals surface area contributed by atoms with E-state index in [1.54, 1.807) is 6.20 Å². The molecule has 4 heteroatoms. The summed E-state index contributed by atoms with van der Waals surface area (Å²) in [5, 5.41) is 9.78. The molecule has 1 aromatic rings. The Bertz CT molecular complexity index is 571. The van der Waals surface area contributed by atoms with Crippen molar-refractivity contribution >= 4 is 12.0 Å². The molecule has 1 saturated heterocycles. The Morgan fingerprint density at radius 1 is 1.43 bits per heavy atom. The quantitative estimate of drug-likeness (QED) is 0.868. The number of fused-ring (bicyclic) bond motifs is 1. The maximum absolute atomic E-state index is 12.2. The van der Waals surface area contributed by atoms with Crippen LogP contribution in [0.25, 0.3) is 6.08 Å². The number of aliphatic hydroxyl groups excluding tert-OH is 1. The van der Waals surface area contributed by atoms with Gasteiger partial charge in [-0.1, -0.05) is 25.5 Å². The molecule has 1 N–H and O–H groups in total. The first kappa shape index (κ1) is 16.2. The van der Waals surface area contributed by atoms with Gasteiger partial charge in [0.1, 0.15) is 6.10 Å². The van der Waals surface area contributed by atoms with E-state index in [0.717, 1.165) is 18.5 Å². The minimum atomic E-state index is -0.0910. The summed E-state index contributed by atoms with van der Waals surface area (Å²) in [7, 11) is 0. The number of aliphatic hydroxyl groups is 1. The van der Waals surface area contributed by atoms with Gasteiger partial charge in [-0.3, -0.25) is 9.78 Å². The molecular weight excluding hydrogens is 290 g/mol. The molecule has 0 radical (unpaired) electrons. The molecule has 4 nitrogen and oxygen atoms in total. The van der Waals surface area contributed by atoms with Crippen LogP contribution in [0, 0.1) is 29.6 Å². The van der Waals surface area contributed by atoms with Crippen LogP contribution in [0.5, 0.6) is 0 Å². The molecule has 1 saturated carbocycles. The number of rotatable bonds is 4. The molecular formula is C19H25NO3. The van der Waals surface area contributed by atoms with Gasteiger partial charge in [0, 0.05) is 18.7 Å². The summed E-state index contributed by atoms with van der Waals surface area (Å²) in [5.41, 5.74) is 0.919. The van der Waals surface area contributed by atoms with E-state index < -0.39 is 0 Å². The Kier molecular flexibility index (Phi) is 4.81. The van der Waals surface area contributed by atoms with Gasteiger partial charge in [-0.25, -0.2) is 0 Å². The molecule has 2 heterocycles. The molecule has 1 aliphatic heterocycles. The van der Waals surface area contributed by atoms with Gasteiger partial charge in [0.2, 0.25) is 0 Å². The summed E-state index contributed by atoms with van der Waals surface area (Å²) < 4.78 is 5.51. The van der Waals surface area contributed by atoms with E-state index in [9.17, 15) is 9.90 Å². The molecule has 6 atom stereocenters. The smallest absolute Gasteiger partial charge is 0.309 e. The van der Waals surface area contributed by atoms with Crippen molar-refractivity contribution in [2.24, 2.45) is 29.6 Å². The zero-order valence-electron chi connectivity index (χ0n) is 13.8. The normalized spacial score (nSPS) is 36.9. The number of hydrogen-bond acceptors (Lipinski definition) is 4. The molecule has 2 fully saturated rings. The van der Waals surface area contributed by atoms with Crippen molar-refractivity contribution in [3.63, 3.8) is 0 Å². The summed E-state index contributed by atoms with van der Waals surface area (Å²) >= 11 is 0. The number of ether oxygens (including phenoxy) is 1. The maximum Gasteiger partial charge on any atom is 0.309 e. The highest BCUT2D eigenvalue weighted by Crippen LogP contribution is 2.50. The van der Waals surface area contributed by atoms with E-state index in [0.29, 0.717) is 5.92 Å². The predicted octanol–water partition coefficient (Wildman–Crippen LogP) is 2.93. The van der Waals surface area contributed by atoms with E-state index >= 15 is 0 Å². The Morgan fingerprint density at radius 2 is 2.26 bits per heavy atom. The van der Waals surface area contributed by atoms with Crippen LogP contribution in [0.1, 0.15) is 32.4 Å². The van der Waals surface area contributed by atoms with Crippen LogP contribution in [0.3, 0.4) is 0 Å². The van der Waals surface area contributed by atoms with Crippen LogP contribution in [0.15, 0.2) is 30.5 Å². The molecule has 1 aliphatic carbocycles. The first-order valence-corrected chi connectivity index (χ1v) is 8.56. The number of carbonyl (C=O) groups is 1. The minimum absolute atomic E-state index is 0.0559. The fourth-order valence-corrected chi connectivity index (χ4v) is 4.54. The van der Waals surface area contributed by atoms with E-state index in [1.165, 1.54) is 0 Å². The third-order valence-corrected chi connectivity index (χ3v) is 5.60. The Hall–Kier alpha value is -1.68. The van der Waals surface area contributed by atoms with Gasteiger partial charge in [0.15, 0.2) is 0 Å². The van der Waals surface area contributed by atoms with Crippen LogP contribution in [-0.4, -0.2) is 28.8 Å². The number of aromatic nitrogens is 1. The van der Waals surface area contributed by atoms with E-state index in [1.807, 2.05) is 31.2 Å². The Labute approximate surface area is 137 Å². The molecule has 3 rings (SSSR count). The fraction of sp³-hybridized carbons (Fsp3) is 0.579. The second-order valence-electron chi connectivity index (χ2n) is 6.77. The monoisotopic (exact) mass is 315 g/mol. The third-order valence-electron chi connectivity index (χ3n) is 5.60. The maximum atomic E-state index is 12.2. The van der Waals surface area contributed by atoms with Crippen molar-refractivity contribution in [3.05, 3.63) is 36.2 Å². The van der Waals surface area contributed by atoms with Gasteiger partial charge < -0.3 is 9.84 Å². The minimum Gasteiger partial charge on any atom is -0.462 e. The number of carbonyl (C=O) groups excluding carboxylic acids is 1. The van der Waals surface area contributed by atoms with Crippen molar-refractivity contribution in [3.8, 4) is 0 Å². The van der Waals surface area contributed by atoms with Gasteiger partial charge in [-0.15, -0.1) is 0 Å². The lowest BCUT2D eigenvalue weighted by Gasteiger charge is -2.42. The second-order valence-corrected chi connectivity index (χ2v) is 6.77. The van der Waals surface area contributed by atoms with Crippen molar-refractivity contribution in [2.45, 2.75) is 32.8 Å².